The number of hydrogen-bond acceptors (Lipinski definition) is 10. The molecule has 7 heterocycles. The first-order valence-corrected chi connectivity index (χ1v) is 16.0. The molecule has 1 amide bonds. The molecule has 42 heavy (non-hydrogen) atoms. The van der Waals surface area contributed by atoms with E-state index >= 15 is 0 Å². The quantitative estimate of drug-likeness (QED) is 0.408. The van der Waals surface area contributed by atoms with Crippen LogP contribution in [0.1, 0.15) is 46.1 Å². The highest BCUT2D eigenvalue weighted by Crippen LogP contribution is 2.46. The molecule has 9 nitrogen and oxygen atoms in total. The Balaban J connectivity index is 1.12. The molecule has 2 unspecified atom stereocenters. The summed E-state index contributed by atoms with van der Waals surface area (Å²) < 4.78 is 47.8. The number of anilines is 3. The lowest BCUT2D eigenvalue weighted by molar-refractivity contribution is -0.137. The predicted molar refractivity (Wildman–Crippen MR) is 154 cm³/mol. The monoisotopic (exact) mass is 615 g/mol. The van der Waals surface area contributed by atoms with Gasteiger partial charge in [0.2, 0.25) is 5.95 Å². The number of carbonyl (C=O) groups excluding carboxylic acids is 1. The molecule has 2 atom stereocenters. The van der Waals surface area contributed by atoms with Crippen molar-refractivity contribution in [3.8, 4) is 10.6 Å². The van der Waals surface area contributed by atoms with Crippen LogP contribution in [-0.4, -0.2) is 82.5 Å². The highest BCUT2D eigenvalue weighted by atomic mass is 32.2. The number of thioether (sulfide) groups is 1. The molecule has 14 heteroatoms. The van der Waals surface area contributed by atoms with Crippen LogP contribution < -0.4 is 15.5 Å². The van der Waals surface area contributed by atoms with E-state index in [2.05, 4.69) is 25.5 Å². The zero-order valence-electron chi connectivity index (χ0n) is 22.5. The maximum Gasteiger partial charge on any atom is 0.420 e. The highest BCUT2D eigenvalue weighted by Gasteiger charge is 2.40. The van der Waals surface area contributed by atoms with Gasteiger partial charge in [-0.15, -0.1) is 23.1 Å². The summed E-state index contributed by atoms with van der Waals surface area (Å²) in [5.41, 5.74) is 0.446. The van der Waals surface area contributed by atoms with Gasteiger partial charge in [-0.1, -0.05) is 0 Å². The standard InChI is InChI=1S/C28H28F3N7O2S2/c29-28(30,31)18-10-33-27(34-19-3-4-22(35-23(19)14-1-2-14)38-11-15-7-16(38)9-32-15)36-24(18)20-8-21-25(42-20)26(39)37(5-6-41-21)17-12-40-13-17/h3-4,8,10,14-17,32H,1-2,5-7,9,11-13H2,(H,33,34,36). The van der Waals surface area contributed by atoms with Crippen molar-refractivity contribution < 1.29 is 22.7 Å². The van der Waals surface area contributed by atoms with Gasteiger partial charge in [-0.25, -0.2) is 15.0 Å². The van der Waals surface area contributed by atoms with Gasteiger partial charge in [-0.05, 0) is 37.5 Å². The first-order valence-electron chi connectivity index (χ1n) is 14.2. The van der Waals surface area contributed by atoms with Crippen molar-refractivity contribution >= 4 is 46.5 Å². The van der Waals surface area contributed by atoms with E-state index in [1.54, 1.807) is 11.0 Å². The molecule has 4 aliphatic heterocycles. The first kappa shape index (κ1) is 26.7. The fraction of sp³-hybridized carbons (Fsp3) is 0.500. The largest absolute Gasteiger partial charge is 0.420 e. The molecule has 0 spiro atoms. The number of amides is 1. The van der Waals surface area contributed by atoms with Gasteiger partial charge in [0.05, 0.1) is 41.2 Å². The third-order valence-electron chi connectivity index (χ3n) is 8.60. The van der Waals surface area contributed by atoms with Gasteiger partial charge < -0.3 is 25.2 Å². The summed E-state index contributed by atoms with van der Waals surface area (Å²) in [7, 11) is 0. The number of nitrogens with zero attached hydrogens (tertiary/aromatic N) is 5. The van der Waals surface area contributed by atoms with Gasteiger partial charge >= 0.3 is 6.18 Å². The van der Waals surface area contributed by atoms with Crippen LogP contribution in [0.4, 0.5) is 30.6 Å². The van der Waals surface area contributed by atoms with Crippen molar-refractivity contribution in [1.29, 1.82) is 0 Å². The van der Waals surface area contributed by atoms with Crippen LogP contribution in [0.5, 0.6) is 0 Å². The van der Waals surface area contributed by atoms with E-state index in [0.29, 0.717) is 63.9 Å². The zero-order chi connectivity index (χ0) is 28.6. The van der Waals surface area contributed by atoms with Crippen LogP contribution in [0.2, 0.25) is 0 Å². The molecular formula is C28H28F3N7O2S2. The lowest BCUT2D eigenvalue weighted by Crippen LogP contribution is -2.52. The van der Waals surface area contributed by atoms with Crippen molar-refractivity contribution in [2.24, 2.45) is 0 Å². The summed E-state index contributed by atoms with van der Waals surface area (Å²) in [6.07, 6.45) is -0.669. The summed E-state index contributed by atoms with van der Waals surface area (Å²) in [6.45, 7) is 3.43. The summed E-state index contributed by atoms with van der Waals surface area (Å²) in [6, 6.07) is 6.52. The molecule has 2 N–H and O–H groups in total. The van der Waals surface area contributed by atoms with Crippen LogP contribution in [0.15, 0.2) is 29.3 Å². The van der Waals surface area contributed by atoms with E-state index in [1.807, 2.05) is 12.1 Å². The van der Waals surface area contributed by atoms with Gasteiger partial charge in [0.25, 0.3) is 5.91 Å². The maximum atomic E-state index is 14.2. The van der Waals surface area contributed by atoms with Crippen molar-refractivity contribution in [3.63, 3.8) is 0 Å². The molecule has 3 aromatic rings. The molecule has 1 aliphatic carbocycles. The Morgan fingerprint density at radius 1 is 1.12 bits per heavy atom. The zero-order valence-corrected chi connectivity index (χ0v) is 24.1. The second-order valence-electron chi connectivity index (χ2n) is 11.4. The second kappa shape index (κ2) is 10.1. The Bertz CT molecular complexity index is 1560. The topological polar surface area (TPSA) is 95.5 Å². The molecular weight excluding hydrogens is 587 g/mol. The van der Waals surface area contributed by atoms with E-state index in [4.69, 9.17) is 9.72 Å². The Morgan fingerprint density at radius 3 is 2.67 bits per heavy atom. The number of piperazine rings is 1. The molecule has 3 aromatic heterocycles. The molecule has 2 bridgehead atoms. The van der Waals surface area contributed by atoms with E-state index in [0.717, 1.165) is 61.4 Å². The molecule has 3 saturated heterocycles. The third kappa shape index (κ3) is 4.72. The first-order chi connectivity index (χ1) is 20.3. The number of aromatic nitrogens is 3. The van der Waals surface area contributed by atoms with E-state index in [-0.39, 0.29) is 23.6 Å². The Kier molecular flexibility index (Phi) is 6.39. The van der Waals surface area contributed by atoms with Gasteiger partial charge in [0, 0.05) is 54.5 Å². The van der Waals surface area contributed by atoms with Gasteiger partial charge in [0.15, 0.2) is 0 Å². The summed E-state index contributed by atoms with van der Waals surface area (Å²) in [5.74, 6) is 1.81. The van der Waals surface area contributed by atoms with Gasteiger partial charge in [-0.3, -0.25) is 4.79 Å². The molecule has 8 rings (SSSR count). The van der Waals surface area contributed by atoms with Crippen molar-refractivity contribution in [2.45, 2.75) is 54.4 Å². The average molecular weight is 616 g/mol. The fourth-order valence-corrected chi connectivity index (χ4v) is 8.50. The molecule has 4 fully saturated rings. The minimum atomic E-state index is -4.66. The van der Waals surface area contributed by atoms with Crippen LogP contribution in [-0.2, 0) is 10.9 Å². The fourth-order valence-electron chi connectivity index (χ4n) is 6.18. The smallest absolute Gasteiger partial charge is 0.377 e. The molecule has 1 saturated carbocycles. The van der Waals surface area contributed by atoms with E-state index < -0.39 is 11.7 Å². The minimum Gasteiger partial charge on any atom is -0.377 e. The second-order valence-corrected chi connectivity index (χ2v) is 13.6. The third-order valence-corrected chi connectivity index (χ3v) is 10.9. The summed E-state index contributed by atoms with van der Waals surface area (Å²) in [5, 5.41) is 6.69. The average Bonchev–Trinajstić information content (AvgIpc) is 3.39. The summed E-state index contributed by atoms with van der Waals surface area (Å²) >= 11 is 2.54. The van der Waals surface area contributed by atoms with Crippen LogP contribution in [0.3, 0.4) is 0 Å². The number of rotatable bonds is 6. The number of halogens is 3. The molecule has 0 aromatic carbocycles. The molecule has 220 valence electrons. The number of hydrogen-bond donors (Lipinski definition) is 2. The van der Waals surface area contributed by atoms with Crippen molar-refractivity contribution in [2.75, 3.05) is 48.8 Å². The maximum absolute atomic E-state index is 14.2. The lowest BCUT2D eigenvalue weighted by Gasteiger charge is -2.36. The van der Waals surface area contributed by atoms with Crippen LogP contribution in [0, 0.1) is 0 Å². The summed E-state index contributed by atoms with van der Waals surface area (Å²) in [4.78, 5) is 32.4. The normalized spacial score (nSPS) is 24.1. The molecule has 0 radical (unpaired) electrons. The van der Waals surface area contributed by atoms with Crippen LogP contribution >= 0.6 is 23.1 Å². The number of pyridine rings is 1. The predicted octanol–water partition coefficient (Wildman–Crippen LogP) is 4.74. The van der Waals surface area contributed by atoms with Gasteiger partial charge in [-0.2, -0.15) is 13.2 Å². The minimum absolute atomic E-state index is 0.00753. The lowest BCUT2D eigenvalue weighted by atomic mass is 10.2. The Hall–Kier alpha value is -2.94. The van der Waals surface area contributed by atoms with Crippen molar-refractivity contribution in [3.05, 3.63) is 40.5 Å². The Morgan fingerprint density at radius 2 is 1.98 bits per heavy atom. The van der Waals surface area contributed by atoms with Crippen LogP contribution in [0.25, 0.3) is 10.6 Å². The number of thiophene rings is 1. The SMILES string of the molecule is O=C1c2sc(-c3nc(Nc4ccc(N5CC6CC5CN6)nc4C4CC4)ncc3C(F)(F)F)cc2SCCN1C1COC1. The Labute approximate surface area is 248 Å². The number of nitrogens with one attached hydrogen (secondary N) is 2. The number of alkyl halides is 3. The highest BCUT2D eigenvalue weighted by molar-refractivity contribution is 7.99. The molecule has 5 aliphatic rings. The number of ether oxygens (including phenoxy) is 1. The van der Waals surface area contributed by atoms with Crippen molar-refractivity contribution in [1.82, 2.24) is 25.2 Å². The van der Waals surface area contributed by atoms with E-state index in [9.17, 15) is 18.0 Å². The number of fused-ring (bicyclic) bond motifs is 3. The number of carbonyl (C=O) groups is 1. The van der Waals surface area contributed by atoms with Gasteiger partial charge in [0.1, 0.15) is 16.3 Å². The van der Waals surface area contributed by atoms with E-state index in [1.165, 1.54) is 11.8 Å².